The van der Waals surface area contributed by atoms with Crippen LogP contribution in [0.15, 0.2) is 36.4 Å². The van der Waals surface area contributed by atoms with Gasteiger partial charge in [0.15, 0.2) is 12.8 Å². The summed E-state index contributed by atoms with van der Waals surface area (Å²) >= 11 is 0. The summed E-state index contributed by atoms with van der Waals surface area (Å²) in [6.45, 7) is -0.146. The second kappa shape index (κ2) is 5.40. The molecule has 6 nitrogen and oxygen atoms in total. The predicted octanol–water partition coefficient (Wildman–Crippen LogP) is 1.64. The lowest BCUT2D eigenvalue weighted by atomic mass is 10.2. The average molecular weight is 275 g/mol. The molecule has 4 N–H and O–H groups in total. The van der Waals surface area contributed by atoms with Crippen LogP contribution in [0, 0.1) is 5.21 Å². The van der Waals surface area contributed by atoms with Crippen LogP contribution < -0.4 is 0 Å². The number of phenolic OH excluding ortho intramolecular Hbond substituents is 4. The minimum atomic E-state index is -0.222. The third kappa shape index (κ3) is 3.11. The molecule has 0 aliphatic carbocycles. The van der Waals surface area contributed by atoms with Crippen molar-refractivity contribution < 1.29 is 25.2 Å². The van der Waals surface area contributed by atoms with E-state index >= 15 is 0 Å². The Balaban J connectivity index is 2.22. The molecular formula is C14H13NO5. The predicted molar refractivity (Wildman–Crippen MR) is 72.0 cm³/mol. The molecule has 0 atom stereocenters. The largest absolute Gasteiger partial charge is 0.624 e. The van der Waals surface area contributed by atoms with Gasteiger partial charge in [-0.15, -0.1) is 0 Å². The van der Waals surface area contributed by atoms with Crippen molar-refractivity contribution in [2.24, 2.45) is 0 Å². The summed E-state index contributed by atoms with van der Waals surface area (Å²) < 4.78 is 0.526. The normalized spacial score (nSPS) is 11.5. The highest BCUT2D eigenvalue weighted by Crippen LogP contribution is 2.24. The van der Waals surface area contributed by atoms with Crippen LogP contribution in [0.3, 0.4) is 0 Å². The fourth-order valence-electron chi connectivity index (χ4n) is 1.70. The smallest absolute Gasteiger partial charge is 0.185 e. The zero-order chi connectivity index (χ0) is 14.7. The van der Waals surface area contributed by atoms with Crippen molar-refractivity contribution in [3.8, 4) is 23.0 Å². The van der Waals surface area contributed by atoms with E-state index in [1.54, 1.807) is 0 Å². The monoisotopic (exact) mass is 275 g/mol. The lowest BCUT2D eigenvalue weighted by Gasteiger charge is -2.07. The van der Waals surface area contributed by atoms with Gasteiger partial charge in [-0.05, 0) is 24.3 Å². The quantitative estimate of drug-likeness (QED) is 0.295. The molecule has 0 bridgehead atoms. The van der Waals surface area contributed by atoms with Gasteiger partial charge in [0.05, 0.1) is 11.1 Å². The summed E-state index contributed by atoms with van der Waals surface area (Å²) in [7, 11) is 0. The number of rotatable bonds is 3. The SMILES string of the molecule is [O-][N+](=Cc1ccc(O)cc1O)Cc1ccc(O)cc1O. The third-order valence-corrected chi connectivity index (χ3v) is 2.69. The Bertz CT molecular complexity index is 667. The molecule has 0 spiro atoms. The Morgan fingerprint density at radius 3 is 2.10 bits per heavy atom. The molecule has 104 valence electrons. The first-order valence-electron chi connectivity index (χ1n) is 5.77. The van der Waals surface area contributed by atoms with Gasteiger partial charge >= 0.3 is 0 Å². The fraction of sp³-hybridized carbons (Fsp3) is 0.0714. The standard InChI is InChI=1S/C14H13NO5/c16-11-3-1-9(13(18)5-11)7-15(20)8-10-2-4-12(17)6-14(10)19/h1-7,16-19H,8H2. The molecule has 2 rings (SSSR count). The van der Waals surface area contributed by atoms with Gasteiger partial charge in [0, 0.05) is 12.1 Å². The Morgan fingerprint density at radius 1 is 0.900 bits per heavy atom. The van der Waals surface area contributed by atoms with Crippen molar-refractivity contribution in [2.75, 3.05) is 0 Å². The number of hydrogen-bond acceptors (Lipinski definition) is 5. The van der Waals surface area contributed by atoms with E-state index in [0.717, 1.165) is 18.3 Å². The van der Waals surface area contributed by atoms with Crippen LogP contribution in [0.5, 0.6) is 23.0 Å². The third-order valence-electron chi connectivity index (χ3n) is 2.69. The highest BCUT2D eigenvalue weighted by molar-refractivity contribution is 5.80. The number of hydroxylamine groups is 1. The van der Waals surface area contributed by atoms with Crippen LogP contribution in [-0.2, 0) is 6.54 Å². The van der Waals surface area contributed by atoms with Crippen LogP contribution in [0.2, 0.25) is 0 Å². The minimum absolute atomic E-state index is 0.0937. The number of nitrogens with zero attached hydrogens (tertiary/aromatic N) is 1. The van der Waals surface area contributed by atoms with Crippen molar-refractivity contribution in [1.82, 2.24) is 0 Å². The maximum Gasteiger partial charge on any atom is 0.185 e. The van der Waals surface area contributed by atoms with Gasteiger partial charge in [0.1, 0.15) is 23.0 Å². The maximum atomic E-state index is 11.8. The molecule has 0 aliphatic rings. The Hall–Kier alpha value is -2.89. The molecular weight excluding hydrogens is 262 g/mol. The Morgan fingerprint density at radius 2 is 1.50 bits per heavy atom. The van der Waals surface area contributed by atoms with Gasteiger partial charge < -0.3 is 25.6 Å². The summed E-state index contributed by atoms with van der Waals surface area (Å²) in [6.07, 6.45) is 1.14. The van der Waals surface area contributed by atoms with Gasteiger partial charge in [0.2, 0.25) is 0 Å². The van der Waals surface area contributed by atoms with Crippen molar-refractivity contribution in [1.29, 1.82) is 0 Å². The fourth-order valence-corrected chi connectivity index (χ4v) is 1.70. The van der Waals surface area contributed by atoms with E-state index in [4.69, 9.17) is 10.2 Å². The molecule has 0 unspecified atom stereocenters. The van der Waals surface area contributed by atoms with Crippen LogP contribution >= 0.6 is 0 Å². The first-order valence-corrected chi connectivity index (χ1v) is 5.77. The molecule has 2 aromatic carbocycles. The van der Waals surface area contributed by atoms with E-state index < -0.39 is 0 Å². The molecule has 0 saturated heterocycles. The van der Waals surface area contributed by atoms with E-state index in [9.17, 15) is 15.4 Å². The van der Waals surface area contributed by atoms with Crippen LogP contribution in [0.25, 0.3) is 0 Å². The minimum Gasteiger partial charge on any atom is -0.624 e. The lowest BCUT2D eigenvalue weighted by Crippen LogP contribution is -2.06. The summed E-state index contributed by atoms with van der Waals surface area (Å²) in [4.78, 5) is 0. The first kappa shape index (κ1) is 13.5. The maximum absolute atomic E-state index is 11.8. The van der Waals surface area contributed by atoms with Crippen molar-refractivity contribution in [2.45, 2.75) is 6.54 Å². The number of hydrogen-bond donors (Lipinski definition) is 4. The summed E-state index contributed by atoms with van der Waals surface area (Å²) in [5.41, 5.74) is 0.586. The van der Waals surface area contributed by atoms with Crippen molar-refractivity contribution in [3.63, 3.8) is 0 Å². The molecule has 0 aromatic heterocycles. The van der Waals surface area contributed by atoms with E-state index in [1.165, 1.54) is 24.3 Å². The number of phenols is 4. The van der Waals surface area contributed by atoms with Gasteiger partial charge in [0.25, 0.3) is 0 Å². The molecule has 0 radical (unpaired) electrons. The van der Waals surface area contributed by atoms with Crippen molar-refractivity contribution in [3.05, 3.63) is 52.7 Å². The van der Waals surface area contributed by atoms with Crippen LogP contribution in [-0.4, -0.2) is 31.4 Å². The van der Waals surface area contributed by atoms with Gasteiger partial charge in [-0.25, -0.2) is 4.74 Å². The van der Waals surface area contributed by atoms with E-state index in [-0.39, 0.29) is 35.1 Å². The van der Waals surface area contributed by atoms with Crippen molar-refractivity contribution >= 4 is 6.21 Å². The lowest BCUT2D eigenvalue weighted by molar-refractivity contribution is -0.469. The zero-order valence-electron chi connectivity index (χ0n) is 10.4. The van der Waals surface area contributed by atoms with Crippen LogP contribution in [0.1, 0.15) is 11.1 Å². The van der Waals surface area contributed by atoms with Gasteiger partial charge in [-0.2, -0.15) is 0 Å². The second-order valence-electron chi connectivity index (χ2n) is 4.26. The summed E-state index contributed by atoms with van der Waals surface area (Å²) in [5.74, 6) is -0.605. The molecule has 0 heterocycles. The molecule has 20 heavy (non-hydrogen) atoms. The molecule has 0 amide bonds. The zero-order valence-corrected chi connectivity index (χ0v) is 10.4. The topological polar surface area (TPSA) is 107 Å². The van der Waals surface area contributed by atoms with Crippen LogP contribution in [0.4, 0.5) is 0 Å². The van der Waals surface area contributed by atoms with E-state index in [0.29, 0.717) is 10.3 Å². The molecule has 0 saturated carbocycles. The Kier molecular flexibility index (Phi) is 3.65. The number of benzene rings is 2. The van der Waals surface area contributed by atoms with E-state index in [2.05, 4.69) is 0 Å². The molecule has 0 fully saturated rings. The second-order valence-corrected chi connectivity index (χ2v) is 4.26. The highest BCUT2D eigenvalue weighted by Gasteiger charge is 2.08. The summed E-state index contributed by atoms with van der Waals surface area (Å²) in [5, 5.41) is 49.2. The number of aromatic hydroxyl groups is 4. The summed E-state index contributed by atoms with van der Waals surface area (Å²) in [6, 6.07) is 7.80. The molecule has 2 aromatic rings. The molecule has 6 heteroatoms. The average Bonchev–Trinajstić information content (AvgIpc) is 2.36. The molecule has 0 aliphatic heterocycles. The van der Waals surface area contributed by atoms with E-state index in [1.807, 2.05) is 0 Å². The van der Waals surface area contributed by atoms with Gasteiger partial charge in [-0.3, -0.25) is 0 Å². The van der Waals surface area contributed by atoms with Gasteiger partial charge in [-0.1, -0.05) is 0 Å². The Labute approximate surface area is 114 Å². The highest BCUT2D eigenvalue weighted by atomic mass is 16.5. The first-order chi connectivity index (χ1) is 9.45.